The number of aryl methyl sites for hydroxylation is 1. The van der Waals surface area contributed by atoms with Crippen molar-refractivity contribution < 1.29 is 9.90 Å². The molecule has 0 radical (unpaired) electrons. The topological polar surface area (TPSA) is 75.4 Å². The van der Waals surface area contributed by atoms with Crippen molar-refractivity contribution in [1.29, 1.82) is 0 Å². The first-order valence-electron chi connectivity index (χ1n) is 6.65. The first-order valence-corrected chi connectivity index (χ1v) is 7.03. The summed E-state index contributed by atoms with van der Waals surface area (Å²) in [5, 5.41) is 12.2. The molecule has 0 bridgehead atoms. The average molecular weight is 305 g/mol. The summed E-state index contributed by atoms with van der Waals surface area (Å²) < 4.78 is 0. The second kappa shape index (κ2) is 7.11. The quantitative estimate of drug-likeness (QED) is 0.743. The van der Waals surface area contributed by atoms with Crippen molar-refractivity contribution in [1.82, 2.24) is 0 Å². The molecule has 0 aliphatic rings. The smallest absolute Gasteiger partial charge is 0.241 e. The largest absolute Gasteiger partial charge is 0.506 e. The van der Waals surface area contributed by atoms with E-state index >= 15 is 0 Å². The van der Waals surface area contributed by atoms with E-state index in [1.54, 1.807) is 6.07 Å². The lowest BCUT2D eigenvalue weighted by Gasteiger charge is -2.12. The van der Waals surface area contributed by atoms with Crippen molar-refractivity contribution in [2.75, 3.05) is 5.32 Å². The van der Waals surface area contributed by atoms with Gasteiger partial charge in [-0.1, -0.05) is 41.9 Å². The number of carbonyl (C=O) groups excluding carboxylic acids is 1. The molecule has 5 heteroatoms. The zero-order valence-electron chi connectivity index (χ0n) is 11.4. The molecule has 1 atom stereocenters. The Morgan fingerprint density at radius 3 is 2.62 bits per heavy atom. The Balaban J connectivity index is 1.89. The number of carbonyl (C=O) groups is 1. The number of hydrogen-bond donors (Lipinski definition) is 3. The summed E-state index contributed by atoms with van der Waals surface area (Å²) in [7, 11) is 0. The van der Waals surface area contributed by atoms with Crippen LogP contribution in [0.25, 0.3) is 0 Å². The maximum atomic E-state index is 12.0. The van der Waals surface area contributed by atoms with Gasteiger partial charge in [0.25, 0.3) is 0 Å². The molecule has 1 amide bonds. The van der Waals surface area contributed by atoms with E-state index in [0.29, 0.717) is 12.1 Å². The molecule has 2 aromatic rings. The van der Waals surface area contributed by atoms with Gasteiger partial charge < -0.3 is 16.2 Å². The van der Waals surface area contributed by atoms with Crippen LogP contribution in [-0.4, -0.2) is 17.1 Å². The predicted octanol–water partition coefficient (Wildman–Crippen LogP) is 2.94. The third kappa shape index (κ3) is 4.48. The van der Waals surface area contributed by atoms with Crippen LogP contribution in [0.3, 0.4) is 0 Å². The Bertz CT molecular complexity index is 617. The van der Waals surface area contributed by atoms with Crippen molar-refractivity contribution in [3.63, 3.8) is 0 Å². The SMILES string of the molecule is N[C@@H](CCc1ccccc1)C(=O)Nc1ccc(O)c(Cl)c1. The van der Waals surface area contributed by atoms with E-state index in [1.165, 1.54) is 12.1 Å². The summed E-state index contributed by atoms with van der Waals surface area (Å²) in [4.78, 5) is 12.0. The Kier molecular flexibility index (Phi) is 5.20. The molecule has 0 aromatic heterocycles. The lowest BCUT2D eigenvalue weighted by atomic mass is 10.1. The van der Waals surface area contributed by atoms with Gasteiger partial charge in [0, 0.05) is 5.69 Å². The molecule has 4 nitrogen and oxygen atoms in total. The predicted molar refractivity (Wildman–Crippen MR) is 84.5 cm³/mol. The molecule has 4 N–H and O–H groups in total. The lowest BCUT2D eigenvalue weighted by Crippen LogP contribution is -2.36. The van der Waals surface area contributed by atoms with Crippen LogP contribution in [0.15, 0.2) is 48.5 Å². The fourth-order valence-electron chi connectivity index (χ4n) is 1.92. The molecule has 0 fully saturated rings. The van der Waals surface area contributed by atoms with Crippen molar-refractivity contribution in [3.8, 4) is 5.75 Å². The van der Waals surface area contributed by atoms with Crippen LogP contribution in [-0.2, 0) is 11.2 Å². The molecule has 2 rings (SSSR count). The lowest BCUT2D eigenvalue weighted by molar-refractivity contribution is -0.117. The van der Waals surface area contributed by atoms with Crippen molar-refractivity contribution in [2.24, 2.45) is 5.73 Å². The van der Waals surface area contributed by atoms with Gasteiger partial charge in [0.15, 0.2) is 0 Å². The number of nitrogens with two attached hydrogens (primary N) is 1. The zero-order valence-corrected chi connectivity index (χ0v) is 12.2. The maximum Gasteiger partial charge on any atom is 0.241 e. The molecule has 0 aliphatic heterocycles. The van der Waals surface area contributed by atoms with Gasteiger partial charge in [0.1, 0.15) is 5.75 Å². The summed E-state index contributed by atoms with van der Waals surface area (Å²) in [6.45, 7) is 0. The summed E-state index contributed by atoms with van der Waals surface area (Å²) >= 11 is 5.79. The minimum atomic E-state index is -0.599. The summed E-state index contributed by atoms with van der Waals surface area (Å²) in [6.07, 6.45) is 1.30. The zero-order chi connectivity index (χ0) is 15.2. The Morgan fingerprint density at radius 1 is 1.24 bits per heavy atom. The molecular formula is C16H17ClN2O2. The molecule has 0 saturated carbocycles. The number of rotatable bonds is 5. The molecular weight excluding hydrogens is 288 g/mol. The van der Waals surface area contributed by atoms with Crippen LogP contribution in [0, 0.1) is 0 Å². The first-order chi connectivity index (χ1) is 10.1. The van der Waals surface area contributed by atoms with Gasteiger partial charge in [-0.3, -0.25) is 4.79 Å². The molecule has 110 valence electrons. The number of hydrogen-bond acceptors (Lipinski definition) is 3. The van der Waals surface area contributed by atoms with E-state index in [9.17, 15) is 9.90 Å². The molecule has 0 spiro atoms. The number of aromatic hydroxyl groups is 1. The van der Waals surface area contributed by atoms with Gasteiger partial charge in [0.05, 0.1) is 11.1 Å². The number of halogens is 1. The second-order valence-electron chi connectivity index (χ2n) is 4.79. The normalized spacial score (nSPS) is 11.9. The van der Waals surface area contributed by atoms with E-state index < -0.39 is 6.04 Å². The standard InChI is InChI=1S/C16H17ClN2O2/c17-13-10-12(7-9-15(13)20)19-16(21)14(18)8-6-11-4-2-1-3-5-11/h1-5,7,9-10,14,20H,6,8,18H2,(H,19,21)/t14-/m0/s1. The molecule has 2 aromatic carbocycles. The van der Waals surface area contributed by atoms with Crippen LogP contribution in [0.4, 0.5) is 5.69 Å². The van der Waals surface area contributed by atoms with E-state index in [0.717, 1.165) is 12.0 Å². The second-order valence-corrected chi connectivity index (χ2v) is 5.19. The molecule has 0 heterocycles. The van der Waals surface area contributed by atoms with Crippen molar-refractivity contribution >= 4 is 23.2 Å². The van der Waals surface area contributed by atoms with Gasteiger partial charge in [-0.25, -0.2) is 0 Å². The Morgan fingerprint density at radius 2 is 1.95 bits per heavy atom. The number of phenols is 1. The molecule has 0 unspecified atom stereocenters. The number of nitrogens with one attached hydrogen (secondary N) is 1. The fraction of sp³-hybridized carbons (Fsp3) is 0.188. The monoisotopic (exact) mass is 304 g/mol. The minimum absolute atomic E-state index is 0.0250. The Labute approximate surface area is 128 Å². The first kappa shape index (κ1) is 15.4. The van der Waals surface area contributed by atoms with Gasteiger partial charge in [-0.05, 0) is 36.6 Å². The van der Waals surface area contributed by atoms with Crippen LogP contribution in [0.1, 0.15) is 12.0 Å². The summed E-state index contributed by atoms with van der Waals surface area (Å²) in [5.74, 6) is -0.296. The van der Waals surface area contributed by atoms with Gasteiger partial charge in [-0.2, -0.15) is 0 Å². The van der Waals surface area contributed by atoms with E-state index in [2.05, 4.69) is 5.32 Å². The van der Waals surface area contributed by atoms with E-state index in [4.69, 9.17) is 17.3 Å². The van der Waals surface area contributed by atoms with Crippen LogP contribution in [0.5, 0.6) is 5.75 Å². The minimum Gasteiger partial charge on any atom is -0.506 e. The van der Waals surface area contributed by atoms with Crippen LogP contribution < -0.4 is 11.1 Å². The number of amides is 1. The maximum absolute atomic E-state index is 12.0. The fourth-order valence-corrected chi connectivity index (χ4v) is 2.10. The van der Waals surface area contributed by atoms with Crippen molar-refractivity contribution in [2.45, 2.75) is 18.9 Å². The highest BCUT2D eigenvalue weighted by Gasteiger charge is 2.14. The van der Waals surface area contributed by atoms with Crippen LogP contribution in [0.2, 0.25) is 5.02 Å². The highest BCUT2D eigenvalue weighted by atomic mass is 35.5. The van der Waals surface area contributed by atoms with Crippen LogP contribution >= 0.6 is 11.6 Å². The van der Waals surface area contributed by atoms with Gasteiger partial charge >= 0.3 is 0 Å². The van der Waals surface area contributed by atoms with Gasteiger partial charge in [-0.15, -0.1) is 0 Å². The summed E-state index contributed by atoms with van der Waals surface area (Å²) in [6, 6.07) is 13.8. The molecule has 0 aliphatic carbocycles. The van der Waals surface area contributed by atoms with Gasteiger partial charge in [0.2, 0.25) is 5.91 Å². The molecule has 21 heavy (non-hydrogen) atoms. The third-order valence-electron chi connectivity index (χ3n) is 3.14. The molecule has 0 saturated heterocycles. The number of benzene rings is 2. The Hall–Kier alpha value is -2.04. The van der Waals surface area contributed by atoms with Crippen molar-refractivity contribution in [3.05, 3.63) is 59.1 Å². The number of anilines is 1. The van der Waals surface area contributed by atoms with E-state index in [-0.39, 0.29) is 16.7 Å². The average Bonchev–Trinajstić information content (AvgIpc) is 2.49. The highest BCUT2D eigenvalue weighted by molar-refractivity contribution is 6.32. The third-order valence-corrected chi connectivity index (χ3v) is 3.44. The highest BCUT2D eigenvalue weighted by Crippen LogP contribution is 2.26. The summed E-state index contributed by atoms with van der Waals surface area (Å²) in [5.41, 5.74) is 7.55. The number of phenolic OH excluding ortho intramolecular Hbond substituents is 1. The van der Waals surface area contributed by atoms with E-state index in [1.807, 2.05) is 30.3 Å².